The fraction of sp³-hybridized carbons (Fsp3) is 0.357. The molecule has 0 bridgehead atoms. The second kappa shape index (κ2) is 6.16. The van der Waals surface area contributed by atoms with Crippen LogP contribution >= 0.6 is 15.9 Å². The van der Waals surface area contributed by atoms with E-state index in [4.69, 9.17) is 0 Å². The zero-order valence-electron chi connectivity index (χ0n) is 10.7. The molecule has 2 rings (SSSR count). The van der Waals surface area contributed by atoms with Crippen LogP contribution in [0.3, 0.4) is 0 Å². The molecule has 0 saturated heterocycles. The van der Waals surface area contributed by atoms with Gasteiger partial charge in [0.1, 0.15) is 0 Å². The lowest BCUT2D eigenvalue weighted by atomic mass is 10.0. The van der Waals surface area contributed by atoms with Crippen molar-refractivity contribution in [1.29, 1.82) is 0 Å². The van der Waals surface area contributed by atoms with Crippen molar-refractivity contribution in [3.63, 3.8) is 0 Å². The first kappa shape index (κ1) is 13.3. The summed E-state index contributed by atoms with van der Waals surface area (Å²) in [7, 11) is 1.95. The third kappa shape index (κ3) is 3.43. The van der Waals surface area contributed by atoms with Crippen LogP contribution in [0, 0.1) is 0 Å². The van der Waals surface area contributed by atoms with Crippen LogP contribution in [-0.4, -0.2) is 16.3 Å². The molecular formula is C14H18BrN3. The molecule has 96 valence electrons. The van der Waals surface area contributed by atoms with Gasteiger partial charge in [-0.25, -0.2) is 0 Å². The van der Waals surface area contributed by atoms with Gasteiger partial charge in [-0.2, -0.15) is 5.10 Å². The first-order chi connectivity index (χ1) is 8.69. The second-order valence-corrected chi connectivity index (χ2v) is 5.31. The van der Waals surface area contributed by atoms with E-state index >= 15 is 0 Å². The quantitative estimate of drug-likeness (QED) is 0.920. The number of hydrogen-bond acceptors (Lipinski definition) is 2. The van der Waals surface area contributed by atoms with Gasteiger partial charge in [-0.05, 0) is 36.2 Å². The summed E-state index contributed by atoms with van der Waals surface area (Å²) in [4.78, 5) is 0. The molecule has 3 nitrogen and oxygen atoms in total. The van der Waals surface area contributed by atoms with E-state index < -0.39 is 0 Å². The zero-order chi connectivity index (χ0) is 13.0. The molecule has 2 aromatic rings. The topological polar surface area (TPSA) is 29.9 Å². The molecule has 1 aromatic heterocycles. The summed E-state index contributed by atoms with van der Waals surface area (Å²) in [6.45, 7) is 3.09. The molecule has 1 heterocycles. The molecule has 0 saturated carbocycles. The standard InChI is InChI=1S/C14H18BrN3/c1-3-16-14(7-11-9-17-18(2)10-11)12-5-4-6-13(15)8-12/h4-6,8-10,14,16H,3,7H2,1-2H3. The molecule has 0 radical (unpaired) electrons. The van der Waals surface area contributed by atoms with E-state index in [0.29, 0.717) is 6.04 Å². The van der Waals surface area contributed by atoms with Crippen LogP contribution in [0.1, 0.15) is 24.1 Å². The largest absolute Gasteiger partial charge is 0.310 e. The Morgan fingerprint density at radius 1 is 1.44 bits per heavy atom. The van der Waals surface area contributed by atoms with Crippen molar-refractivity contribution >= 4 is 15.9 Å². The summed E-state index contributed by atoms with van der Waals surface area (Å²) < 4.78 is 2.97. The van der Waals surface area contributed by atoms with Crippen molar-refractivity contribution in [1.82, 2.24) is 15.1 Å². The highest BCUT2D eigenvalue weighted by Crippen LogP contribution is 2.21. The number of halogens is 1. The average molecular weight is 308 g/mol. The SMILES string of the molecule is CCNC(Cc1cnn(C)c1)c1cccc(Br)c1. The van der Waals surface area contributed by atoms with Crippen molar-refractivity contribution in [2.24, 2.45) is 7.05 Å². The van der Waals surface area contributed by atoms with Gasteiger partial charge in [0.2, 0.25) is 0 Å². The number of hydrogen-bond donors (Lipinski definition) is 1. The van der Waals surface area contributed by atoms with E-state index in [9.17, 15) is 0 Å². The molecule has 0 aliphatic rings. The molecule has 1 aromatic carbocycles. The van der Waals surface area contributed by atoms with Crippen molar-refractivity contribution in [2.45, 2.75) is 19.4 Å². The highest BCUT2D eigenvalue weighted by Gasteiger charge is 2.12. The first-order valence-corrected chi connectivity index (χ1v) is 6.94. The number of likely N-dealkylation sites (N-methyl/N-ethyl adjacent to an activating group) is 1. The number of aromatic nitrogens is 2. The van der Waals surface area contributed by atoms with Gasteiger partial charge in [0.05, 0.1) is 6.20 Å². The maximum atomic E-state index is 4.22. The minimum absolute atomic E-state index is 0.330. The van der Waals surface area contributed by atoms with E-state index in [1.165, 1.54) is 11.1 Å². The van der Waals surface area contributed by atoms with Gasteiger partial charge in [-0.1, -0.05) is 35.0 Å². The van der Waals surface area contributed by atoms with Gasteiger partial charge < -0.3 is 5.32 Å². The number of nitrogens with zero attached hydrogens (tertiary/aromatic N) is 2. The molecule has 1 unspecified atom stereocenters. The summed E-state index contributed by atoms with van der Waals surface area (Å²) in [5, 5.41) is 7.75. The minimum Gasteiger partial charge on any atom is -0.310 e. The Kier molecular flexibility index (Phi) is 4.55. The number of aryl methyl sites for hydroxylation is 1. The van der Waals surface area contributed by atoms with Crippen LogP contribution < -0.4 is 5.32 Å². The highest BCUT2D eigenvalue weighted by atomic mass is 79.9. The van der Waals surface area contributed by atoms with E-state index in [1.54, 1.807) is 0 Å². The zero-order valence-corrected chi connectivity index (χ0v) is 12.3. The van der Waals surface area contributed by atoms with Crippen LogP contribution in [0.4, 0.5) is 0 Å². The smallest absolute Gasteiger partial charge is 0.0522 e. The van der Waals surface area contributed by atoms with Crippen LogP contribution in [0.2, 0.25) is 0 Å². The van der Waals surface area contributed by atoms with E-state index in [-0.39, 0.29) is 0 Å². The molecule has 4 heteroatoms. The summed E-state index contributed by atoms with van der Waals surface area (Å²) in [6, 6.07) is 8.79. The monoisotopic (exact) mass is 307 g/mol. The molecule has 0 spiro atoms. The van der Waals surface area contributed by atoms with Crippen molar-refractivity contribution in [3.05, 3.63) is 52.3 Å². The number of benzene rings is 1. The fourth-order valence-electron chi connectivity index (χ4n) is 2.09. The van der Waals surface area contributed by atoms with Crippen molar-refractivity contribution in [3.8, 4) is 0 Å². The molecular weight excluding hydrogens is 290 g/mol. The Morgan fingerprint density at radius 3 is 2.89 bits per heavy atom. The van der Waals surface area contributed by atoms with Gasteiger partial charge in [-0.15, -0.1) is 0 Å². The summed E-state index contributed by atoms with van der Waals surface area (Å²) in [6.07, 6.45) is 4.96. The maximum absolute atomic E-state index is 4.22. The molecule has 18 heavy (non-hydrogen) atoms. The minimum atomic E-state index is 0.330. The van der Waals surface area contributed by atoms with Crippen LogP contribution in [0.15, 0.2) is 41.1 Å². The van der Waals surface area contributed by atoms with Gasteiger partial charge in [-0.3, -0.25) is 4.68 Å². The maximum Gasteiger partial charge on any atom is 0.0522 e. The predicted octanol–water partition coefficient (Wildman–Crippen LogP) is 3.08. The molecule has 0 amide bonds. The first-order valence-electron chi connectivity index (χ1n) is 6.15. The van der Waals surface area contributed by atoms with Crippen LogP contribution in [-0.2, 0) is 13.5 Å². The predicted molar refractivity (Wildman–Crippen MR) is 77.5 cm³/mol. The third-order valence-electron chi connectivity index (χ3n) is 2.90. The Bertz CT molecular complexity index is 507. The normalized spacial score (nSPS) is 12.6. The van der Waals surface area contributed by atoms with E-state index in [2.05, 4.69) is 63.7 Å². The van der Waals surface area contributed by atoms with Crippen LogP contribution in [0.25, 0.3) is 0 Å². The number of rotatable bonds is 5. The Labute approximate surface area is 116 Å². The lowest BCUT2D eigenvalue weighted by Gasteiger charge is -2.18. The van der Waals surface area contributed by atoms with Gasteiger partial charge in [0, 0.05) is 23.8 Å². The number of nitrogens with one attached hydrogen (secondary N) is 1. The van der Waals surface area contributed by atoms with Gasteiger partial charge in [0.25, 0.3) is 0 Å². The Hall–Kier alpha value is -1.13. The molecule has 1 atom stereocenters. The Balaban J connectivity index is 2.17. The Morgan fingerprint density at radius 2 is 2.28 bits per heavy atom. The average Bonchev–Trinajstić information content (AvgIpc) is 2.74. The van der Waals surface area contributed by atoms with Crippen LogP contribution in [0.5, 0.6) is 0 Å². The summed E-state index contributed by atoms with van der Waals surface area (Å²) >= 11 is 3.53. The molecule has 0 aliphatic heterocycles. The van der Waals surface area contributed by atoms with Crippen molar-refractivity contribution < 1.29 is 0 Å². The second-order valence-electron chi connectivity index (χ2n) is 4.39. The lowest BCUT2D eigenvalue weighted by molar-refractivity contribution is 0.549. The van der Waals surface area contributed by atoms with Gasteiger partial charge >= 0.3 is 0 Å². The summed E-state index contributed by atoms with van der Waals surface area (Å²) in [5.41, 5.74) is 2.55. The molecule has 0 aliphatic carbocycles. The lowest BCUT2D eigenvalue weighted by Crippen LogP contribution is -2.22. The van der Waals surface area contributed by atoms with E-state index in [1.807, 2.05) is 17.9 Å². The van der Waals surface area contributed by atoms with Gasteiger partial charge in [0.15, 0.2) is 0 Å². The van der Waals surface area contributed by atoms with E-state index in [0.717, 1.165) is 17.4 Å². The fourth-order valence-corrected chi connectivity index (χ4v) is 2.51. The molecule has 1 N–H and O–H groups in total. The van der Waals surface area contributed by atoms with Crippen molar-refractivity contribution in [2.75, 3.05) is 6.54 Å². The summed E-state index contributed by atoms with van der Waals surface area (Å²) in [5.74, 6) is 0. The molecule has 0 fully saturated rings. The highest BCUT2D eigenvalue weighted by molar-refractivity contribution is 9.10. The third-order valence-corrected chi connectivity index (χ3v) is 3.39.